The van der Waals surface area contributed by atoms with Crippen LogP contribution in [0.25, 0.3) is 0 Å². The molecule has 0 aromatic rings. The van der Waals surface area contributed by atoms with Crippen LogP contribution in [0.1, 0.15) is 27.7 Å². The predicted molar refractivity (Wildman–Crippen MR) is 75.2 cm³/mol. The molecular formula is C12H27N3O2S. The Hall–Kier alpha value is -0.170. The second-order valence-electron chi connectivity index (χ2n) is 5.61. The van der Waals surface area contributed by atoms with Crippen LogP contribution in [0.2, 0.25) is 0 Å². The molecule has 18 heavy (non-hydrogen) atoms. The second-order valence-corrected chi connectivity index (χ2v) is 7.69. The van der Waals surface area contributed by atoms with Crippen molar-refractivity contribution in [3.8, 4) is 0 Å². The monoisotopic (exact) mass is 277 g/mol. The molecule has 1 heterocycles. The van der Waals surface area contributed by atoms with Crippen molar-refractivity contribution >= 4 is 10.0 Å². The summed E-state index contributed by atoms with van der Waals surface area (Å²) in [7, 11) is -1.07. The van der Waals surface area contributed by atoms with Crippen LogP contribution in [-0.2, 0) is 10.0 Å². The zero-order valence-corrected chi connectivity index (χ0v) is 13.0. The summed E-state index contributed by atoms with van der Waals surface area (Å²) in [6.45, 7) is 9.92. The first-order chi connectivity index (χ1) is 8.24. The van der Waals surface area contributed by atoms with Gasteiger partial charge in [-0.15, -0.1) is 0 Å². The Morgan fingerprint density at radius 3 is 2.17 bits per heavy atom. The number of sulfonamides is 1. The van der Waals surface area contributed by atoms with Crippen molar-refractivity contribution in [2.75, 3.05) is 32.4 Å². The highest BCUT2D eigenvalue weighted by Gasteiger charge is 2.32. The van der Waals surface area contributed by atoms with Gasteiger partial charge in [0.2, 0.25) is 10.0 Å². The van der Waals surface area contributed by atoms with E-state index < -0.39 is 10.0 Å². The maximum atomic E-state index is 12.2. The zero-order chi connectivity index (χ0) is 13.9. The molecule has 1 aliphatic rings. The van der Waals surface area contributed by atoms with Gasteiger partial charge in [0, 0.05) is 37.8 Å². The summed E-state index contributed by atoms with van der Waals surface area (Å²) in [5.41, 5.74) is 0. The first-order valence-electron chi connectivity index (χ1n) is 6.67. The van der Waals surface area contributed by atoms with Gasteiger partial charge in [0.05, 0.1) is 5.75 Å². The van der Waals surface area contributed by atoms with E-state index in [9.17, 15) is 8.42 Å². The lowest BCUT2D eigenvalue weighted by Gasteiger charge is -2.41. The van der Waals surface area contributed by atoms with Crippen molar-refractivity contribution in [2.45, 2.75) is 45.8 Å². The van der Waals surface area contributed by atoms with Crippen LogP contribution in [0.3, 0.4) is 0 Å². The van der Waals surface area contributed by atoms with Gasteiger partial charge in [0.15, 0.2) is 0 Å². The first-order valence-corrected chi connectivity index (χ1v) is 8.28. The quantitative estimate of drug-likeness (QED) is 0.787. The fraction of sp³-hybridized carbons (Fsp3) is 1.00. The Bertz CT molecular complexity index is 344. The van der Waals surface area contributed by atoms with Gasteiger partial charge < -0.3 is 5.32 Å². The number of hydrogen-bond donors (Lipinski definition) is 1. The fourth-order valence-electron chi connectivity index (χ4n) is 2.19. The van der Waals surface area contributed by atoms with Crippen LogP contribution in [-0.4, -0.2) is 68.2 Å². The number of nitrogens with zero attached hydrogens (tertiary/aromatic N) is 2. The highest BCUT2D eigenvalue weighted by atomic mass is 32.2. The molecule has 5 nitrogen and oxygen atoms in total. The molecule has 1 saturated heterocycles. The number of likely N-dealkylation sites (N-methyl/N-ethyl adjacent to an activating group) is 1. The van der Waals surface area contributed by atoms with E-state index in [1.807, 2.05) is 13.8 Å². The molecule has 6 heteroatoms. The molecule has 0 radical (unpaired) electrons. The lowest BCUT2D eigenvalue weighted by atomic mass is 10.1. The molecule has 0 aromatic carbocycles. The average Bonchev–Trinajstić information content (AvgIpc) is 2.24. The molecule has 0 bridgehead atoms. The van der Waals surface area contributed by atoms with Crippen LogP contribution in [0.5, 0.6) is 0 Å². The third-order valence-corrected chi connectivity index (χ3v) is 5.44. The van der Waals surface area contributed by atoms with E-state index in [-0.39, 0.29) is 17.8 Å². The van der Waals surface area contributed by atoms with Gasteiger partial charge in [0.1, 0.15) is 0 Å². The second kappa shape index (κ2) is 6.32. The minimum Gasteiger partial charge on any atom is -0.313 e. The summed E-state index contributed by atoms with van der Waals surface area (Å²) in [6, 6.07) is 0.883. The van der Waals surface area contributed by atoms with Crippen LogP contribution in [0.4, 0.5) is 0 Å². The number of piperazine rings is 1. The van der Waals surface area contributed by atoms with Gasteiger partial charge in [-0.2, -0.15) is 4.31 Å². The summed E-state index contributed by atoms with van der Waals surface area (Å²) in [6.07, 6.45) is 0. The number of rotatable bonds is 5. The number of hydrogen-bond acceptors (Lipinski definition) is 4. The van der Waals surface area contributed by atoms with Crippen molar-refractivity contribution in [1.29, 1.82) is 0 Å². The van der Waals surface area contributed by atoms with Gasteiger partial charge >= 0.3 is 0 Å². The Morgan fingerprint density at radius 1 is 1.22 bits per heavy atom. The minimum atomic E-state index is -3.12. The Morgan fingerprint density at radius 2 is 1.72 bits per heavy atom. The van der Waals surface area contributed by atoms with Crippen LogP contribution < -0.4 is 5.32 Å². The van der Waals surface area contributed by atoms with Crippen molar-refractivity contribution in [3.63, 3.8) is 0 Å². The molecule has 0 amide bonds. The van der Waals surface area contributed by atoms with Crippen molar-refractivity contribution in [3.05, 3.63) is 0 Å². The summed E-state index contributed by atoms with van der Waals surface area (Å²) in [4.78, 5) is 2.23. The smallest absolute Gasteiger partial charge is 0.215 e. The van der Waals surface area contributed by atoms with E-state index in [1.165, 1.54) is 0 Å². The van der Waals surface area contributed by atoms with Crippen LogP contribution in [0, 0.1) is 0 Å². The molecule has 1 N–H and O–H groups in total. The van der Waals surface area contributed by atoms with Crippen molar-refractivity contribution < 1.29 is 8.42 Å². The summed E-state index contributed by atoms with van der Waals surface area (Å²) < 4.78 is 26.1. The minimum absolute atomic E-state index is 0.189. The molecule has 2 unspecified atom stereocenters. The van der Waals surface area contributed by atoms with Crippen LogP contribution >= 0.6 is 0 Å². The largest absolute Gasteiger partial charge is 0.313 e. The molecule has 1 rings (SSSR count). The summed E-state index contributed by atoms with van der Waals surface area (Å²) in [5, 5.41) is 3.16. The molecule has 1 aliphatic heterocycles. The zero-order valence-electron chi connectivity index (χ0n) is 12.2. The highest BCUT2D eigenvalue weighted by molar-refractivity contribution is 7.89. The molecule has 0 aromatic heterocycles. The fourth-order valence-corrected chi connectivity index (χ4v) is 3.71. The molecule has 0 saturated carbocycles. The van der Waals surface area contributed by atoms with Crippen molar-refractivity contribution in [2.24, 2.45) is 0 Å². The predicted octanol–water partition coefficient (Wildman–Crippen LogP) is 0.339. The van der Waals surface area contributed by atoms with Crippen LogP contribution in [0.15, 0.2) is 0 Å². The maximum Gasteiger partial charge on any atom is 0.215 e. The maximum absolute atomic E-state index is 12.2. The average molecular weight is 277 g/mol. The van der Waals surface area contributed by atoms with Gasteiger partial charge in [-0.05, 0) is 20.9 Å². The standard InChI is InChI=1S/C12H27N3O2S/c1-10(2)13-6-7-18(16,17)15-8-11(3)14(5)12(4)9-15/h10-13H,6-9H2,1-5H3. The van der Waals surface area contributed by atoms with E-state index in [0.717, 1.165) is 0 Å². The van der Waals surface area contributed by atoms with E-state index in [2.05, 4.69) is 31.1 Å². The SMILES string of the molecule is CC(C)NCCS(=O)(=O)N1CC(C)N(C)C(C)C1. The highest BCUT2D eigenvalue weighted by Crippen LogP contribution is 2.16. The van der Waals surface area contributed by atoms with E-state index in [4.69, 9.17) is 0 Å². The van der Waals surface area contributed by atoms with Gasteiger partial charge in [0.25, 0.3) is 0 Å². The molecule has 108 valence electrons. The third-order valence-electron chi connectivity index (χ3n) is 3.63. The van der Waals surface area contributed by atoms with Gasteiger partial charge in [-0.1, -0.05) is 13.8 Å². The Kier molecular flexibility index (Phi) is 5.58. The molecule has 0 aliphatic carbocycles. The Balaban J connectivity index is 2.57. The third kappa shape index (κ3) is 4.19. The molecule has 0 spiro atoms. The van der Waals surface area contributed by atoms with E-state index in [0.29, 0.717) is 25.7 Å². The Labute approximate surface area is 112 Å². The molecule has 1 fully saturated rings. The lowest BCUT2D eigenvalue weighted by Crippen LogP contribution is -2.57. The van der Waals surface area contributed by atoms with Gasteiger partial charge in [-0.3, -0.25) is 4.90 Å². The number of nitrogens with one attached hydrogen (secondary N) is 1. The van der Waals surface area contributed by atoms with E-state index in [1.54, 1.807) is 4.31 Å². The summed E-state index contributed by atoms with van der Waals surface area (Å²) >= 11 is 0. The lowest BCUT2D eigenvalue weighted by molar-refractivity contribution is 0.105. The normalized spacial score (nSPS) is 27.9. The summed E-state index contributed by atoms with van der Waals surface area (Å²) in [5.74, 6) is 0.189. The van der Waals surface area contributed by atoms with Gasteiger partial charge in [-0.25, -0.2) is 8.42 Å². The first kappa shape index (κ1) is 15.9. The topological polar surface area (TPSA) is 52.7 Å². The van der Waals surface area contributed by atoms with E-state index >= 15 is 0 Å². The molecule has 2 atom stereocenters. The van der Waals surface area contributed by atoms with Crippen molar-refractivity contribution in [1.82, 2.24) is 14.5 Å². The molecular weight excluding hydrogens is 250 g/mol.